The van der Waals surface area contributed by atoms with Gasteiger partial charge in [0.05, 0.1) is 11.3 Å². The summed E-state index contributed by atoms with van der Waals surface area (Å²) in [6, 6.07) is 10.0. The summed E-state index contributed by atoms with van der Waals surface area (Å²) >= 11 is 0. The highest BCUT2D eigenvalue weighted by molar-refractivity contribution is 5.99. The van der Waals surface area contributed by atoms with Crippen molar-refractivity contribution in [3.8, 4) is 11.3 Å². The molecule has 1 N–H and O–H groups in total. The minimum atomic E-state index is -0.257. The summed E-state index contributed by atoms with van der Waals surface area (Å²) in [5, 5.41) is 7.28. The maximum atomic E-state index is 13.0. The molecule has 24 heavy (non-hydrogen) atoms. The number of hydrogen-bond donors (Lipinski definition) is 1. The Morgan fingerprint density at radius 2 is 1.96 bits per heavy atom. The number of amides is 1. The molecule has 3 aromatic rings. The lowest BCUT2D eigenvalue weighted by atomic mass is 10.0. The van der Waals surface area contributed by atoms with E-state index in [1.807, 2.05) is 6.07 Å². The van der Waals surface area contributed by atoms with Crippen molar-refractivity contribution >= 4 is 5.91 Å². The number of rotatable bonds is 4. The molecule has 1 aromatic carbocycles. The van der Waals surface area contributed by atoms with E-state index < -0.39 is 0 Å². The Kier molecular flexibility index (Phi) is 4.37. The summed E-state index contributed by atoms with van der Waals surface area (Å²) in [5.41, 5.74) is 3.77. The molecule has 0 spiro atoms. The Morgan fingerprint density at radius 3 is 2.67 bits per heavy atom. The van der Waals surface area contributed by atoms with Crippen LogP contribution in [-0.2, 0) is 6.42 Å². The normalized spacial score (nSPS) is 10.6. The van der Waals surface area contributed by atoms with Crippen molar-refractivity contribution < 1.29 is 9.18 Å². The predicted octanol–water partition coefficient (Wildman–Crippen LogP) is 2.90. The maximum Gasteiger partial charge on any atom is 0.255 e. The Morgan fingerprint density at radius 1 is 1.21 bits per heavy atom. The van der Waals surface area contributed by atoms with E-state index in [1.165, 1.54) is 17.0 Å². The van der Waals surface area contributed by atoms with Crippen LogP contribution < -0.4 is 0 Å². The van der Waals surface area contributed by atoms with Crippen LogP contribution >= 0.6 is 0 Å². The number of halogens is 1. The van der Waals surface area contributed by atoms with E-state index in [2.05, 4.69) is 15.2 Å². The zero-order chi connectivity index (χ0) is 17.1. The van der Waals surface area contributed by atoms with Crippen LogP contribution in [0.3, 0.4) is 0 Å². The zero-order valence-corrected chi connectivity index (χ0v) is 13.5. The van der Waals surface area contributed by atoms with Crippen LogP contribution in [0.4, 0.5) is 4.39 Å². The van der Waals surface area contributed by atoms with Gasteiger partial charge in [-0.3, -0.25) is 14.9 Å². The first-order valence-electron chi connectivity index (χ1n) is 7.49. The highest BCUT2D eigenvalue weighted by Gasteiger charge is 2.16. The first-order chi connectivity index (χ1) is 11.5. The van der Waals surface area contributed by atoms with Crippen molar-refractivity contribution in [1.82, 2.24) is 20.1 Å². The Balaban J connectivity index is 1.88. The number of H-pyrrole nitrogens is 1. The van der Waals surface area contributed by atoms with Crippen LogP contribution in [0.5, 0.6) is 0 Å². The highest BCUT2D eigenvalue weighted by atomic mass is 19.1. The number of aromatic amines is 1. The third-order valence-electron chi connectivity index (χ3n) is 3.67. The van der Waals surface area contributed by atoms with E-state index in [0.29, 0.717) is 17.7 Å². The molecule has 0 fully saturated rings. The number of nitrogens with one attached hydrogen (secondary N) is 1. The number of carbonyl (C=O) groups excluding carboxylic acids is 1. The van der Waals surface area contributed by atoms with E-state index in [1.54, 1.807) is 44.7 Å². The number of hydrogen-bond acceptors (Lipinski definition) is 3. The first kappa shape index (κ1) is 15.9. The second-order valence-corrected chi connectivity index (χ2v) is 5.70. The lowest BCUT2D eigenvalue weighted by Crippen LogP contribution is -2.22. The average molecular weight is 324 g/mol. The smallest absolute Gasteiger partial charge is 0.255 e. The molecule has 2 aromatic heterocycles. The lowest BCUT2D eigenvalue weighted by Gasteiger charge is -2.12. The van der Waals surface area contributed by atoms with E-state index in [9.17, 15) is 9.18 Å². The fraction of sp³-hybridized carbons (Fsp3) is 0.167. The number of carbonyl (C=O) groups is 1. The molecule has 6 heteroatoms. The van der Waals surface area contributed by atoms with E-state index in [0.717, 1.165) is 16.8 Å². The Labute approximate surface area is 139 Å². The van der Waals surface area contributed by atoms with Gasteiger partial charge in [0, 0.05) is 44.2 Å². The summed E-state index contributed by atoms with van der Waals surface area (Å²) < 4.78 is 13.0. The molecular weight excluding hydrogens is 307 g/mol. The Bertz CT molecular complexity index is 855. The van der Waals surface area contributed by atoms with Crippen LogP contribution in [-0.4, -0.2) is 40.1 Å². The van der Waals surface area contributed by atoms with Gasteiger partial charge in [-0.1, -0.05) is 12.1 Å². The van der Waals surface area contributed by atoms with Crippen molar-refractivity contribution in [1.29, 1.82) is 0 Å². The Hall–Kier alpha value is -3.02. The molecule has 0 unspecified atom stereocenters. The molecule has 0 saturated heterocycles. The third-order valence-corrected chi connectivity index (χ3v) is 3.67. The molecule has 5 nitrogen and oxygen atoms in total. The molecule has 0 aliphatic rings. The number of pyridine rings is 1. The molecule has 2 heterocycles. The van der Waals surface area contributed by atoms with Gasteiger partial charge in [-0.15, -0.1) is 0 Å². The van der Waals surface area contributed by atoms with Gasteiger partial charge in [0.25, 0.3) is 5.91 Å². The second kappa shape index (κ2) is 6.62. The molecule has 0 aliphatic carbocycles. The topological polar surface area (TPSA) is 61.9 Å². The van der Waals surface area contributed by atoms with Gasteiger partial charge in [-0.2, -0.15) is 5.10 Å². The number of aromatic nitrogens is 3. The lowest BCUT2D eigenvalue weighted by molar-refractivity contribution is 0.0828. The number of benzene rings is 1. The van der Waals surface area contributed by atoms with Gasteiger partial charge in [0.15, 0.2) is 0 Å². The molecular formula is C18H17FN4O. The van der Waals surface area contributed by atoms with Crippen molar-refractivity contribution in [2.75, 3.05) is 14.1 Å². The van der Waals surface area contributed by atoms with Crippen molar-refractivity contribution in [3.05, 3.63) is 71.4 Å². The van der Waals surface area contributed by atoms with E-state index in [-0.39, 0.29) is 11.7 Å². The van der Waals surface area contributed by atoms with Crippen molar-refractivity contribution in [2.24, 2.45) is 0 Å². The molecule has 0 bridgehead atoms. The average Bonchev–Trinajstić information content (AvgIpc) is 3.04. The molecule has 0 atom stereocenters. The van der Waals surface area contributed by atoms with Crippen LogP contribution in [0.15, 0.2) is 48.8 Å². The summed E-state index contributed by atoms with van der Waals surface area (Å²) in [6.45, 7) is 0. The monoisotopic (exact) mass is 324 g/mol. The molecule has 122 valence electrons. The van der Waals surface area contributed by atoms with Gasteiger partial charge in [-0.05, 0) is 29.8 Å². The van der Waals surface area contributed by atoms with Crippen LogP contribution in [0.2, 0.25) is 0 Å². The molecule has 0 aliphatic heterocycles. The van der Waals surface area contributed by atoms with Gasteiger partial charge in [0.1, 0.15) is 5.82 Å². The van der Waals surface area contributed by atoms with Crippen LogP contribution in [0.25, 0.3) is 11.3 Å². The quantitative estimate of drug-likeness (QED) is 0.803. The molecule has 0 saturated carbocycles. The van der Waals surface area contributed by atoms with Crippen LogP contribution in [0.1, 0.15) is 21.6 Å². The maximum absolute atomic E-state index is 13.0. The fourth-order valence-electron chi connectivity index (χ4n) is 2.44. The van der Waals surface area contributed by atoms with Crippen LogP contribution in [0, 0.1) is 5.82 Å². The minimum absolute atomic E-state index is 0.124. The summed E-state index contributed by atoms with van der Waals surface area (Å²) in [6.07, 6.45) is 3.79. The van der Waals surface area contributed by atoms with Gasteiger partial charge >= 0.3 is 0 Å². The summed E-state index contributed by atoms with van der Waals surface area (Å²) in [4.78, 5) is 17.8. The van der Waals surface area contributed by atoms with E-state index in [4.69, 9.17) is 0 Å². The number of nitrogens with zero attached hydrogens (tertiary/aromatic N) is 3. The SMILES string of the molecule is CN(C)C(=O)c1cnccc1-c1cc(Cc2ccc(F)cc2)[nH]n1. The molecule has 0 radical (unpaired) electrons. The molecule has 1 amide bonds. The summed E-state index contributed by atoms with van der Waals surface area (Å²) in [5.74, 6) is -0.381. The van der Waals surface area contributed by atoms with Gasteiger partial charge in [-0.25, -0.2) is 4.39 Å². The zero-order valence-electron chi connectivity index (χ0n) is 13.5. The largest absolute Gasteiger partial charge is 0.345 e. The fourth-order valence-corrected chi connectivity index (χ4v) is 2.44. The van der Waals surface area contributed by atoms with Gasteiger partial charge < -0.3 is 4.90 Å². The van der Waals surface area contributed by atoms with Gasteiger partial charge in [0.2, 0.25) is 0 Å². The third kappa shape index (κ3) is 3.32. The first-order valence-corrected chi connectivity index (χ1v) is 7.49. The van der Waals surface area contributed by atoms with Crippen molar-refractivity contribution in [2.45, 2.75) is 6.42 Å². The predicted molar refractivity (Wildman–Crippen MR) is 89.0 cm³/mol. The summed E-state index contributed by atoms with van der Waals surface area (Å²) in [7, 11) is 3.40. The second-order valence-electron chi connectivity index (χ2n) is 5.70. The highest BCUT2D eigenvalue weighted by Crippen LogP contribution is 2.23. The van der Waals surface area contributed by atoms with Crippen molar-refractivity contribution in [3.63, 3.8) is 0 Å². The standard InChI is InChI=1S/C18H17FN4O/c1-23(2)18(24)16-11-20-8-7-15(16)17-10-14(21-22-17)9-12-3-5-13(19)6-4-12/h3-8,10-11H,9H2,1-2H3,(H,21,22). The molecule has 3 rings (SSSR count). The van der Waals surface area contributed by atoms with E-state index >= 15 is 0 Å². The minimum Gasteiger partial charge on any atom is -0.345 e.